The number of nitrogens with zero attached hydrogens (tertiary/aromatic N) is 1. The van der Waals surface area contributed by atoms with Crippen molar-refractivity contribution in [3.63, 3.8) is 0 Å². The Balaban J connectivity index is 1.74. The average molecular weight is 305 g/mol. The molecule has 1 unspecified atom stereocenters. The summed E-state index contributed by atoms with van der Waals surface area (Å²) in [5.41, 5.74) is 1.18. The van der Waals surface area contributed by atoms with Gasteiger partial charge in [-0.15, -0.1) is 0 Å². The number of hydrogen-bond acceptors (Lipinski definition) is 3. The zero-order valence-electron chi connectivity index (χ0n) is 13.8. The highest BCUT2D eigenvalue weighted by Crippen LogP contribution is 2.23. The second-order valence-electron chi connectivity index (χ2n) is 5.86. The van der Waals surface area contributed by atoms with Gasteiger partial charge in [0.25, 0.3) is 0 Å². The van der Waals surface area contributed by atoms with Gasteiger partial charge in [0, 0.05) is 26.7 Å². The van der Waals surface area contributed by atoms with Gasteiger partial charge in [-0.2, -0.15) is 0 Å². The summed E-state index contributed by atoms with van der Waals surface area (Å²) in [5, 5.41) is 6.69. The first-order chi connectivity index (χ1) is 10.6. The van der Waals surface area contributed by atoms with Gasteiger partial charge in [-0.1, -0.05) is 12.1 Å². The molecule has 1 aromatic carbocycles. The van der Waals surface area contributed by atoms with Gasteiger partial charge in [-0.25, -0.2) is 0 Å². The summed E-state index contributed by atoms with van der Waals surface area (Å²) in [6.45, 7) is 4.62. The minimum absolute atomic E-state index is 0.0651. The third-order valence-electron chi connectivity index (χ3n) is 3.99. The third kappa shape index (κ3) is 4.91. The molecular formula is C17H27N3O2. The summed E-state index contributed by atoms with van der Waals surface area (Å²) in [7, 11) is 3.48. The van der Waals surface area contributed by atoms with Gasteiger partial charge in [0.15, 0.2) is 5.96 Å². The van der Waals surface area contributed by atoms with Crippen LogP contribution in [0.2, 0.25) is 0 Å². The lowest BCUT2D eigenvalue weighted by molar-refractivity contribution is 0.0243. The molecule has 0 bridgehead atoms. The Bertz CT molecular complexity index is 496. The van der Waals surface area contributed by atoms with Crippen LogP contribution in [-0.2, 0) is 11.2 Å². The van der Waals surface area contributed by atoms with E-state index in [1.54, 1.807) is 14.2 Å². The maximum atomic E-state index is 5.78. The van der Waals surface area contributed by atoms with Crippen molar-refractivity contribution in [2.45, 2.75) is 31.8 Å². The first-order valence-corrected chi connectivity index (χ1v) is 7.87. The molecule has 22 heavy (non-hydrogen) atoms. The molecule has 122 valence electrons. The third-order valence-corrected chi connectivity index (χ3v) is 3.99. The van der Waals surface area contributed by atoms with E-state index in [2.05, 4.69) is 34.7 Å². The van der Waals surface area contributed by atoms with E-state index in [0.29, 0.717) is 0 Å². The maximum absolute atomic E-state index is 5.78. The van der Waals surface area contributed by atoms with Gasteiger partial charge in [0.05, 0.1) is 12.7 Å². The number of rotatable bonds is 6. The van der Waals surface area contributed by atoms with E-state index in [-0.39, 0.29) is 5.60 Å². The summed E-state index contributed by atoms with van der Waals surface area (Å²) in [4.78, 5) is 4.26. The van der Waals surface area contributed by atoms with E-state index in [1.807, 2.05) is 12.1 Å². The van der Waals surface area contributed by atoms with Crippen molar-refractivity contribution in [3.05, 3.63) is 29.8 Å². The first-order valence-electron chi connectivity index (χ1n) is 7.87. The molecule has 0 amide bonds. The summed E-state index contributed by atoms with van der Waals surface area (Å²) in [5.74, 6) is 1.71. The molecule has 0 aliphatic carbocycles. The van der Waals surface area contributed by atoms with Crippen LogP contribution < -0.4 is 15.4 Å². The van der Waals surface area contributed by atoms with E-state index >= 15 is 0 Å². The Morgan fingerprint density at radius 2 is 2.27 bits per heavy atom. The lowest BCUT2D eigenvalue weighted by Gasteiger charge is -2.24. The molecule has 1 fully saturated rings. The van der Waals surface area contributed by atoms with E-state index in [1.165, 1.54) is 5.56 Å². The molecule has 1 heterocycles. The molecule has 5 heteroatoms. The zero-order chi connectivity index (χ0) is 15.8. The highest BCUT2D eigenvalue weighted by atomic mass is 16.5. The van der Waals surface area contributed by atoms with E-state index < -0.39 is 0 Å². The summed E-state index contributed by atoms with van der Waals surface area (Å²) >= 11 is 0. The molecule has 1 aromatic rings. The topological polar surface area (TPSA) is 54.9 Å². The predicted molar refractivity (Wildman–Crippen MR) is 89.7 cm³/mol. The quantitative estimate of drug-likeness (QED) is 0.623. The summed E-state index contributed by atoms with van der Waals surface area (Å²) < 4.78 is 11.0. The molecule has 1 saturated heterocycles. The van der Waals surface area contributed by atoms with Crippen molar-refractivity contribution in [3.8, 4) is 5.75 Å². The van der Waals surface area contributed by atoms with Crippen molar-refractivity contribution in [2.75, 3.05) is 33.9 Å². The predicted octanol–water partition coefficient (Wildman–Crippen LogP) is 1.97. The van der Waals surface area contributed by atoms with E-state index in [0.717, 1.165) is 50.7 Å². The van der Waals surface area contributed by atoms with Gasteiger partial charge in [-0.3, -0.25) is 4.99 Å². The Morgan fingerprint density at radius 3 is 2.95 bits per heavy atom. The van der Waals surface area contributed by atoms with Crippen LogP contribution in [0.15, 0.2) is 29.3 Å². The largest absolute Gasteiger partial charge is 0.497 e. The van der Waals surface area contributed by atoms with Gasteiger partial charge in [0.1, 0.15) is 5.75 Å². The van der Waals surface area contributed by atoms with Gasteiger partial charge >= 0.3 is 0 Å². The van der Waals surface area contributed by atoms with E-state index in [9.17, 15) is 0 Å². The minimum atomic E-state index is -0.0651. The molecule has 0 spiro atoms. The van der Waals surface area contributed by atoms with Crippen molar-refractivity contribution in [2.24, 2.45) is 4.99 Å². The molecule has 1 aliphatic heterocycles. The SMILES string of the molecule is CN=C(NCCc1cccc(OC)c1)NCC1(C)CCCO1. The number of ether oxygens (including phenoxy) is 2. The van der Waals surface area contributed by atoms with Gasteiger partial charge < -0.3 is 20.1 Å². The summed E-state index contributed by atoms with van der Waals surface area (Å²) in [6.07, 6.45) is 3.16. The second kappa shape index (κ2) is 8.03. The van der Waals surface area contributed by atoms with Crippen LogP contribution in [-0.4, -0.2) is 45.4 Å². The lowest BCUT2D eigenvalue weighted by atomic mass is 10.0. The van der Waals surface area contributed by atoms with Crippen molar-refractivity contribution < 1.29 is 9.47 Å². The molecular weight excluding hydrogens is 278 g/mol. The molecule has 0 saturated carbocycles. The van der Waals surface area contributed by atoms with Crippen LogP contribution in [0.1, 0.15) is 25.3 Å². The molecule has 0 aromatic heterocycles. The number of aliphatic imine (C=N–C) groups is 1. The maximum Gasteiger partial charge on any atom is 0.191 e. The molecule has 1 aliphatic rings. The Morgan fingerprint density at radius 1 is 1.41 bits per heavy atom. The van der Waals surface area contributed by atoms with Crippen LogP contribution in [0.3, 0.4) is 0 Å². The first kappa shape index (κ1) is 16.6. The average Bonchev–Trinajstić information content (AvgIpc) is 2.98. The normalized spacial score (nSPS) is 21.7. The van der Waals surface area contributed by atoms with Gasteiger partial charge in [0.2, 0.25) is 0 Å². The number of benzene rings is 1. The van der Waals surface area contributed by atoms with Gasteiger partial charge in [-0.05, 0) is 43.9 Å². The zero-order valence-corrected chi connectivity index (χ0v) is 13.8. The monoisotopic (exact) mass is 305 g/mol. The fourth-order valence-electron chi connectivity index (χ4n) is 2.62. The number of hydrogen-bond donors (Lipinski definition) is 2. The molecule has 2 rings (SSSR count). The molecule has 5 nitrogen and oxygen atoms in total. The van der Waals surface area contributed by atoms with Crippen molar-refractivity contribution in [1.29, 1.82) is 0 Å². The second-order valence-corrected chi connectivity index (χ2v) is 5.86. The highest BCUT2D eigenvalue weighted by Gasteiger charge is 2.29. The Hall–Kier alpha value is -1.75. The standard InChI is InChI=1S/C17H27N3O2/c1-17(9-5-11-22-17)13-20-16(18-2)19-10-8-14-6-4-7-15(12-14)21-3/h4,6-7,12H,5,8-11,13H2,1-3H3,(H2,18,19,20). The van der Waals surface area contributed by atoms with Crippen LogP contribution in [0.5, 0.6) is 5.75 Å². The Labute approximate surface area is 133 Å². The number of nitrogens with one attached hydrogen (secondary N) is 2. The van der Waals surface area contributed by atoms with Crippen LogP contribution in [0.4, 0.5) is 0 Å². The fraction of sp³-hybridized carbons (Fsp3) is 0.588. The fourth-order valence-corrected chi connectivity index (χ4v) is 2.62. The van der Waals surface area contributed by atoms with Crippen molar-refractivity contribution in [1.82, 2.24) is 10.6 Å². The molecule has 1 atom stereocenters. The smallest absolute Gasteiger partial charge is 0.191 e. The Kier molecular flexibility index (Phi) is 6.07. The summed E-state index contributed by atoms with van der Waals surface area (Å²) in [6, 6.07) is 8.14. The number of methoxy groups -OCH3 is 1. The highest BCUT2D eigenvalue weighted by molar-refractivity contribution is 5.79. The van der Waals surface area contributed by atoms with Crippen LogP contribution in [0.25, 0.3) is 0 Å². The number of guanidine groups is 1. The lowest BCUT2D eigenvalue weighted by Crippen LogP contribution is -2.45. The van der Waals surface area contributed by atoms with Crippen molar-refractivity contribution >= 4 is 5.96 Å². The van der Waals surface area contributed by atoms with Crippen LogP contribution >= 0.6 is 0 Å². The molecule has 0 radical (unpaired) electrons. The van der Waals surface area contributed by atoms with E-state index in [4.69, 9.17) is 9.47 Å². The minimum Gasteiger partial charge on any atom is -0.497 e. The van der Waals surface area contributed by atoms with Crippen LogP contribution in [0, 0.1) is 0 Å². The molecule has 2 N–H and O–H groups in total.